The van der Waals surface area contributed by atoms with Gasteiger partial charge in [-0.2, -0.15) is 5.26 Å². The Bertz CT molecular complexity index is 1160. The van der Waals surface area contributed by atoms with Crippen molar-refractivity contribution in [1.29, 1.82) is 5.26 Å². The van der Waals surface area contributed by atoms with Gasteiger partial charge in [-0.25, -0.2) is 4.98 Å². The summed E-state index contributed by atoms with van der Waals surface area (Å²) in [6.07, 6.45) is 0.768. The Kier molecular flexibility index (Phi) is 6.07. The van der Waals surface area contributed by atoms with Crippen LogP contribution >= 0.6 is 11.3 Å². The summed E-state index contributed by atoms with van der Waals surface area (Å²) < 4.78 is 5.45. The van der Waals surface area contributed by atoms with Crippen molar-refractivity contribution in [2.45, 2.75) is 13.0 Å². The van der Waals surface area contributed by atoms with Gasteiger partial charge in [-0.15, -0.1) is 11.3 Å². The van der Waals surface area contributed by atoms with Gasteiger partial charge in [0.1, 0.15) is 5.75 Å². The number of methoxy groups -OCH3 is 1. The van der Waals surface area contributed by atoms with Crippen molar-refractivity contribution in [3.63, 3.8) is 0 Å². The molecule has 0 aliphatic rings. The highest BCUT2D eigenvalue weighted by molar-refractivity contribution is 7.16. The lowest BCUT2D eigenvalue weighted by Crippen LogP contribution is -2.01. The molecule has 0 saturated carbocycles. The number of hydrogen-bond donors (Lipinski definition) is 1. The highest BCUT2D eigenvalue weighted by atomic mass is 32.1. The molecule has 0 saturated heterocycles. The second kappa shape index (κ2) is 9.25. The average molecular weight is 412 g/mol. The van der Waals surface area contributed by atoms with Crippen LogP contribution in [-0.2, 0) is 13.0 Å². The van der Waals surface area contributed by atoms with Gasteiger partial charge in [-0.05, 0) is 23.8 Å². The highest BCUT2D eigenvalue weighted by Gasteiger charge is 2.14. The minimum absolute atomic E-state index is 0.641. The number of hydrogen-bond acceptors (Lipinski definition) is 5. The molecule has 4 rings (SSSR count). The lowest BCUT2D eigenvalue weighted by molar-refractivity contribution is 0.410. The SMILES string of the molecule is COc1ccccc1CNc1nc(-c2ccccc2)c(Cc2ccc(C#N)cc2)s1. The monoisotopic (exact) mass is 411 g/mol. The Morgan fingerprint density at radius 2 is 1.70 bits per heavy atom. The van der Waals surface area contributed by atoms with Gasteiger partial charge in [0, 0.05) is 29.0 Å². The predicted molar refractivity (Wildman–Crippen MR) is 122 cm³/mol. The zero-order chi connectivity index (χ0) is 20.8. The summed E-state index contributed by atoms with van der Waals surface area (Å²) in [6.45, 7) is 0.641. The molecule has 0 aliphatic heterocycles. The summed E-state index contributed by atoms with van der Waals surface area (Å²) in [5.41, 5.74) is 5.01. The van der Waals surface area contributed by atoms with E-state index < -0.39 is 0 Å². The molecule has 1 N–H and O–H groups in total. The van der Waals surface area contributed by atoms with Crippen LogP contribution in [0.5, 0.6) is 5.75 Å². The Labute approximate surface area is 180 Å². The van der Waals surface area contributed by atoms with Gasteiger partial charge in [0.2, 0.25) is 0 Å². The Morgan fingerprint density at radius 1 is 0.967 bits per heavy atom. The maximum atomic E-state index is 9.03. The largest absolute Gasteiger partial charge is 0.496 e. The lowest BCUT2D eigenvalue weighted by Gasteiger charge is -2.08. The molecular weight excluding hydrogens is 390 g/mol. The average Bonchev–Trinajstić information content (AvgIpc) is 3.21. The normalized spacial score (nSPS) is 10.4. The van der Waals surface area contributed by atoms with Crippen molar-refractivity contribution in [2.24, 2.45) is 0 Å². The van der Waals surface area contributed by atoms with Crippen molar-refractivity contribution >= 4 is 16.5 Å². The fourth-order valence-corrected chi connectivity index (χ4v) is 4.28. The Balaban J connectivity index is 1.61. The fourth-order valence-electron chi connectivity index (χ4n) is 3.27. The molecule has 4 nitrogen and oxygen atoms in total. The van der Waals surface area contributed by atoms with Gasteiger partial charge in [-0.1, -0.05) is 60.7 Å². The van der Waals surface area contributed by atoms with Gasteiger partial charge in [0.05, 0.1) is 24.4 Å². The first kappa shape index (κ1) is 19.7. The third-order valence-electron chi connectivity index (χ3n) is 4.81. The maximum absolute atomic E-state index is 9.03. The van der Waals surface area contributed by atoms with E-state index in [2.05, 4.69) is 29.6 Å². The van der Waals surface area contributed by atoms with Crippen LogP contribution in [0.3, 0.4) is 0 Å². The van der Waals surface area contributed by atoms with Crippen LogP contribution in [0.2, 0.25) is 0 Å². The van der Waals surface area contributed by atoms with E-state index in [1.807, 2.05) is 60.7 Å². The van der Waals surface area contributed by atoms with Gasteiger partial charge < -0.3 is 10.1 Å². The van der Waals surface area contributed by atoms with Crippen LogP contribution in [0, 0.1) is 11.3 Å². The van der Waals surface area contributed by atoms with Crippen molar-refractivity contribution in [3.8, 4) is 23.1 Å². The van der Waals surface area contributed by atoms with Crippen molar-refractivity contribution in [1.82, 2.24) is 4.98 Å². The molecule has 0 spiro atoms. The molecule has 0 amide bonds. The molecule has 0 aliphatic carbocycles. The number of anilines is 1. The van der Waals surface area contributed by atoms with Gasteiger partial charge in [0.15, 0.2) is 5.13 Å². The molecule has 1 heterocycles. The number of ether oxygens (including phenoxy) is 1. The standard InChI is InChI=1S/C25H21N3OS/c1-29-22-10-6-5-9-21(22)17-27-25-28-24(20-7-3-2-4-8-20)23(30-25)15-18-11-13-19(16-26)14-12-18/h2-14H,15,17H2,1H3,(H,27,28). The molecule has 0 fully saturated rings. The third kappa shape index (κ3) is 4.51. The van der Waals surface area contributed by atoms with E-state index in [-0.39, 0.29) is 0 Å². The van der Waals surface area contributed by atoms with E-state index >= 15 is 0 Å². The molecule has 3 aromatic carbocycles. The molecule has 0 atom stereocenters. The van der Waals surface area contributed by atoms with E-state index in [1.54, 1.807) is 18.4 Å². The molecular formula is C25H21N3OS. The number of nitriles is 1. The summed E-state index contributed by atoms with van der Waals surface area (Å²) >= 11 is 1.66. The number of nitrogens with one attached hydrogen (secondary N) is 1. The number of para-hydroxylation sites is 1. The molecule has 4 aromatic rings. The van der Waals surface area contributed by atoms with E-state index in [0.717, 1.165) is 39.7 Å². The predicted octanol–water partition coefficient (Wildman–Crippen LogP) is 5.89. The summed E-state index contributed by atoms with van der Waals surface area (Å²) in [4.78, 5) is 6.08. The minimum atomic E-state index is 0.641. The van der Waals surface area contributed by atoms with Crippen LogP contribution in [0.15, 0.2) is 78.9 Å². The molecule has 30 heavy (non-hydrogen) atoms. The van der Waals surface area contributed by atoms with E-state index in [9.17, 15) is 0 Å². The zero-order valence-electron chi connectivity index (χ0n) is 16.6. The van der Waals surface area contributed by atoms with Crippen molar-refractivity contribution in [3.05, 3.63) is 100 Å². The van der Waals surface area contributed by atoms with E-state index in [1.165, 1.54) is 4.88 Å². The Morgan fingerprint density at radius 3 is 2.43 bits per heavy atom. The molecule has 0 radical (unpaired) electrons. The molecule has 0 unspecified atom stereocenters. The number of nitrogens with zero attached hydrogens (tertiary/aromatic N) is 2. The summed E-state index contributed by atoms with van der Waals surface area (Å²) in [5, 5.41) is 13.4. The minimum Gasteiger partial charge on any atom is -0.496 e. The smallest absolute Gasteiger partial charge is 0.183 e. The number of rotatable bonds is 7. The topological polar surface area (TPSA) is 57.9 Å². The first-order valence-electron chi connectivity index (χ1n) is 9.67. The van der Waals surface area contributed by atoms with E-state index in [0.29, 0.717) is 12.1 Å². The zero-order valence-corrected chi connectivity index (χ0v) is 17.4. The molecule has 1 aromatic heterocycles. The van der Waals surface area contributed by atoms with Gasteiger partial charge in [0.25, 0.3) is 0 Å². The van der Waals surface area contributed by atoms with E-state index in [4.69, 9.17) is 15.0 Å². The van der Waals surface area contributed by atoms with Crippen LogP contribution in [0.25, 0.3) is 11.3 Å². The van der Waals surface area contributed by atoms with Gasteiger partial charge >= 0.3 is 0 Å². The van der Waals surface area contributed by atoms with Crippen LogP contribution in [-0.4, -0.2) is 12.1 Å². The number of benzene rings is 3. The lowest BCUT2D eigenvalue weighted by atomic mass is 10.1. The molecule has 0 bridgehead atoms. The van der Waals surface area contributed by atoms with Gasteiger partial charge in [-0.3, -0.25) is 0 Å². The van der Waals surface area contributed by atoms with Crippen LogP contribution < -0.4 is 10.1 Å². The number of aromatic nitrogens is 1. The van der Waals surface area contributed by atoms with Crippen molar-refractivity contribution < 1.29 is 4.74 Å². The summed E-state index contributed by atoms with van der Waals surface area (Å²) in [5.74, 6) is 0.864. The summed E-state index contributed by atoms with van der Waals surface area (Å²) in [7, 11) is 1.69. The highest BCUT2D eigenvalue weighted by Crippen LogP contribution is 2.33. The van der Waals surface area contributed by atoms with Crippen molar-refractivity contribution in [2.75, 3.05) is 12.4 Å². The molecule has 148 valence electrons. The summed E-state index contributed by atoms with van der Waals surface area (Å²) in [6, 6.07) is 28.1. The van der Waals surface area contributed by atoms with Crippen LogP contribution in [0.1, 0.15) is 21.6 Å². The first-order valence-corrected chi connectivity index (χ1v) is 10.5. The third-order valence-corrected chi connectivity index (χ3v) is 5.83. The maximum Gasteiger partial charge on any atom is 0.183 e. The fraction of sp³-hybridized carbons (Fsp3) is 0.120. The second-order valence-corrected chi connectivity index (χ2v) is 7.89. The number of thiazole rings is 1. The Hall–Kier alpha value is -3.62. The first-order chi connectivity index (χ1) is 14.8. The van der Waals surface area contributed by atoms with Crippen LogP contribution in [0.4, 0.5) is 5.13 Å². The molecule has 5 heteroatoms. The second-order valence-electron chi connectivity index (χ2n) is 6.81. The quantitative estimate of drug-likeness (QED) is 0.412.